The maximum atomic E-state index is 11.9. The first-order chi connectivity index (χ1) is 8.69. The molecule has 1 heterocycles. The van der Waals surface area contributed by atoms with Crippen LogP contribution in [0.15, 0.2) is 24.3 Å². The van der Waals surface area contributed by atoms with E-state index in [9.17, 15) is 4.79 Å². The smallest absolute Gasteiger partial charge is 0.240 e. The molecule has 0 bridgehead atoms. The van der Waals surface area contributed by atoms with E-state index in [1.54, 1.807) is 0 Å². The van der Waals surface area contributed by atoms with Crippen LogP contribution in [0, 0.1) is 0 Å². The third-order valence-corrected chi connectivity index (χ3v) is 4.07. The van der Waals surface area contributed by atoms with Gasteiger partial charge in [-0.25, -0.2) is 0 Å². The number of hydrogen-bond donors (Lipinski definition) is 2. The van der Waals surface area contributed by atoms with Gasteiger partial charge in [-0.1, -0.05) is 12.1 Å². The van der Waals surface area contributed by atoms with Crippen molar-refractivity contribution in [3.05, 3.63) is 29.8 Å². The Morgan fingerprint density at radius 1 is 1.33 bits per heavy atom. The largest absolute Gasteiger partial charge is 0.321 e. The van der Waals surface area contributed by atoms with Crippen molar-refractivity contribution in [1.82, 2.24) is 5.32 Å². The summed E-state index contributed by atoms with van der Waals surface area (Å²) < 4.78 is 0. The Balaban J connectivity index is 1.88. The summed E-state index contributed by atoms with van der Waals surface area (Å²) in [7, 11) is 0. The molecule has 3 rings (SSSR count). The van der Waals surface area contributed by atoms with E-state index < -0.39 is 0 Å². The first-order valence-corrected chi connectivity index (χ1v) is 6.60. The molecule has 0 spiro atoms. The number of amides is 1. The molecule has 1 aromatic rings. The lowest BCUT2D eigenvalue weighted by molar-refractivity contribution is -0.118. The van der Waals surface area contributed by atoms with Crippen LogP contribution in [0.5, 0.6) is 0 Å². The Kier molecular flexibility index (Phi) is 2.84. The van der Waals surface area contributed by atoms with Gasteiger partial charge in [0.2, 0.25) is 5.91 Å². The van der Waals surface area contributed by atoms with Crippen LogP contribution in [0.4, 0.5) is 5.69 Å². The van der Waals surface area contributed by atoms with Crippen molar-refractivity contribution < 1.29 is 4.79 Å². The summed E-state index contributed by atoms with van der Waals surface area (Å²) in [5.41, 5.74) is 8.33. The summed E-state index contributed by atoms with van der Waals surface area (Å²) in [6.45, 7) is 2.02. The lowest BCUT2D eigenvalue weighted by Crippen LogP contribution is -2.48. The quantitative estimate of drug-likeness (QED) is 0.816. The number of anilines is 1. The number of benzene rings is 1. The van der Waals surface area contributed by atoms with Crippen molar-refractivity contribution in [2.24, 2.45) is 5.73 Å². The van der Waals surface area contributed by atoms with E-state index in [0.29, 0.717) is 6.54 Å². The van der Waals surface area contributed by atoms with Gasteiger partial charge in [0.15, 0.2) is 0 Å². The van der Waals surface area contributed by atoms with Crippen molar-refractivity contribution >= 4 is 11.6 Å². The van der Waals surface area contributed by atoms with Crippen molar-refractivity contribution in [3.8, 4) is 0 Å². The molecule has 0 radical (unpaired) electrons. The zero-order valence-electron chi connectivity index (χ0n) is 10.5. The first kappa shape index (κ1) is 11.7. The normalized spacial score (nSPS) is 22.7. The highest BCUT2D eigenvalue weighted by Crippen LogP contribution is 2.39. The fraction of sp³-hybridized carbons (Fsp3) is 0.500. The van der Waals surface area contributed by atoms with Crippen LogP contribution in [-0.2, 0) is 10.3 Å². The SMILES string of the molecule is NC1(c2cccc(N3CCNCC3=O)c2)CCC1. The highest BCUT2D eigenvalue weighted by atomic mass is 16.2. The van der Waals surface area contributed by atoms with Crippen molar-refractivity contribution in [2.45, 2.75) is 24.8 Å². The van der Waals surface area contributed by atoms with E-state index in [-0.39, 0.29) is 11.4 Å². The Morgan fingerprint density at radius 3 is 2.83 bits per heavy atom. The lowest BCUT2D eigenvalue weighted by Gasteiger charge is -2.39. The Bertz CT molecular complexity index is 468. The fourth-order valence-electron chi connectivity index (χ4n) is 2.71. The van der Waals surface area contributed by atoms with Crippen molar-refractivity contribution in [3.63, 3.8) is 0 Å². The molecule has 1 saturated heterocycles. The molecule has 1 amide bonds. The zero-order chi connectivity index (χ0) is 12.6. The van der Waals surface area contributed by atoms with Gasteiger partial charge in [-0.2, -0.15) is 0 Å². The van der Waals surface area contributed by atoms with Gasteiger partial charge in [0.1, 0.15) is 0 Å². The van der Waals surface area contributed by atoms with Crippen LogP contribution in [0.3, 0.4) is 0 Å². The van der Waals surface area contributed by atoms with Crippen LogP contribution >= 0.6 is 0 Å². The van der Waals surface area contributed by atoms with E-state index in [1.807, 2.05) is 17.0 Å². The Morgan fingerprint density at radius 2 is 2.17 bits per heavy atom. The predicted octanol–water partition coefficient (Wildman–Crippen LogP) is 0.961. The van der Waals surface area contributed by atoms with E-state index in [4.69, 9.17) is 5.73 Å². The lowest BCUT2D eigenvalue weighted by atomic mass is 9.73. The number of nitrogens with one attached hydrogen (secondary N) is 1. The summed E-state index contributed by atoms with van der Waals surface area (Å²) in [5.74, 6) is 0.137. The standard InChI is InChI=1S/C14H19N3O/c15-14(5-2-6-14)11-3-1-4-12(9-11)17-8-7-16-10-13(17)18/h1,3-4,9,16H,2,5-8,10,15H2. The van der Waals surface area contributed by atoms with Crippen molar-refractivity contribution in [2.75, 3.05) is 24.5 Å². The van der Waals surface area contributed by atoms with Crippen LogP contribution in [0.2, 0.25) is 0 Å². The number of carbonyl (C=O) groups excluding carboxylic acids is 1. The molecule has 1 aliphatic heterocycles. The molecule has 3 N–H and O–H groups in total. The molecule has 18 heavy (non-hydrogen) atoms. The van der Waals surface area contributed by atoms with Gasteiger partial charge in [-0.15, -0.1) is 0 Å². The third-order valence-electron chi connectivity index (χ3n) is 4.07. The molecule has 4 nitrogen and oxygen atoms in total. The number of hydrogen-bond acceptors (Lipinski definition) is 3. The van der Waals surface area contributed by atoms with Gasteiger partial charge >= 0.3 is 0 Å². The van der Waals surface area contributed by atoms with E-state index in [1.165, 1.54) is 6.42 Å². The van der Waals surface area contributed by atoms with Gasteiger partial charge in [0.05, 0.1) is 6.54 Å². The van der Waals surface area contributed by atoms with E-state index in [0.717, 1.165) is 37.2 Å². The topological polar surface area (TPSA) is 58.4 Å². The maximum absolute atomic E-state index is 11.9. The van der Waals surface area contributed by atoms with Gasteiger partial charge in [-0.05, 0) is 37.0 Å². The van der Waals surface area contributed by atoms with Gasteiger partial charge in [0, 0.05) is 24.3 Å². The predicted molar refractivity (Wildman–Crippen MR) is 71.4 cm³/mol. The molecule has 4 heteroatoms. The molecule has 1 aliphatic carbocycles. The maximum Gasteiger partial charge on any atom is 0.240 e. The van der Waals surface area contributed by atoms with Crippen LogP contribution < -0.4 is 16.0 Å². The molecule has 2 fully saturated rings. The minimum absolute atomic E-state index is 0.137. The fourth-order valence-corrected chi connectivity index (χ4v) is 2.71. The summed E-state index contributed by atoms with van der Waals surface area (Å²) in [6.07, 6.45) is 3.30. The summed E-state index contributed by atoms with van der Waals surface area (Å²) in [6, 6.07) is 8.17. The second-order valence-corrected chi connectivity index (χ2v) is 5.28. The number of nitrogens with two attached hydrogens (primary N) is 1. The van der Waals surface area contributed by atoms with Gasteiger partial charge < -0.3 is 16.0 Å². The number of rotatable bonds is 2. The molecular formula is C14H19N3O. The molecular weight excluding hydrogens is 226 g/mol. The number of nitrogens with zero attached hydrogens (tertiary/aromatic N) is 1. The minimum Gasteiger partial charge on any atom is -0.321 e. The van der Waals surface area contributed by atoms with Crippen LogP contribution in [0.25, 0.3) is 0 Å². The Labute approximate surface area is 107 Å². The van der Waals surface area contributed by atoms with E-state index in [2.05, 4.69) is 17.4 Å². The number of piperazine rings is 1. The molecule has 0 atom stereocenters. The average molecular weight is 245 g/mol. The minimum atomic E-state index is -0.160. The van der Waals surface area contributed by atoms with Crippen molar-refractivity contribution in [1.29, 1.82) is 0 Å². The molecule has 2 aliphatic rings. The second kappa shape index (κ2) is 4.37. The van der Waals surface area contributed by atoms with E-state index >= 15 is 0 Å². The molecule has 0 aromatic heterocycles. The first-order valence-electron chi connectivity index (χ1n) is 6.60. The third kappa shape index (κ3) is 1.91. The molecule has 1 saturated carbocycles. The van der Waals surface area contributed by atoms with Gasteiger partial charge in [0.25, 0.3) is 0 Å². The summed E-state index contributed by atoms with van der Waals surface area (Å²) in [5, 5.41) is 3.09. The van der Waals surface area contributed by atoms with Crippen LogP contribution in [-0.4, -0.2) is 25.5 Å². The number of carbonyl (C=O) groups is 1. The zero-order valence-corrected chi connectivity index (χ0v) is 10.5. The van der Waals surface area contributed by atoms with Crippen LogP contribution in [0.1, 0.15) is 24.8 Å². The summed E-state index contributed by atoms with van der Waals surface area (Å²) >= 11 is 0. The van der Waals surface area contributed by atoms with Gasteiger partial charge in [-0.3, -0.25) is 4.79 Å². The summed E-state index contributed by atoms with van der Waals surface area (Å²) in [4.78, 5) is 13.7. The average Bonchev–Trinajstić information content (AvgIpc) is 2.37. The highest BCUT2D eigenvalue weighted by Gasteiger charge is 2.34. The Hall–Kier alpha value is -1.39. The molecule has 0 unspecified atom stereocenters. The second-order valence-electron chi connectivity index (χ2n) is 5.28. The monoisotopic (exact) mass is 245 g/mol. The molecule has 1 aromatic carbocycles. The highest BCUT2D eigenvalue weighted by molar-refractivity contribution is 5.95. The molecule has 96 valence electrons.